The molecule has 2 aromatic rings. The van der Waals surface area contributed by atoms with Gasteiger partial charge in [-0.1, -0.05) is 18.2 Å². The molecule has 0 unspecified atom stereocenters. The molecule has 1 amide bonds. The minimum Gasteiger partial charge on any atom is -0.321 e. The maximum atomic E-state index is 12.1. The summed E-state index contributed by atoms with van der Waals surface area (Å²) in [4.78, 5) is 33.8. The molecule has 0 saturated heterocycles. The van der Waals surface area contributed by atoms with Crippen molar-refractivity contribution in [1.82, 2.24) is 0 Å². The Balaban J connectivity index is 2.37. The highest BCUT2D eigenvalue weighted by atomic mass is 16.6. The summed E-state index contributed by atoms with van der Waals surface area (Å²) in [5.74, 6) is -0.716. The minimum atomic E-state index is -0.581. The second-order valence-electron chi connectivity index (χ2n) is 4.36. The number of hydrogen-bond acceptors (Lipinski definition) is 4. The van der Waals surface area contributed by atoms with E-state index in [9.17, 15) is 19.7 Å². The maximum absolute atomic E-state index is 12.1. The molecule has 0 aliphatic carbocycles. The monoisotopic (exact) mass is 284 g/mol. The molecule has 0 aliphatic rings. The number of nitro groups is 1. The van der Waals surface area contributed by atoms with E-state index in [-0.39, 0.29) is 22.7 Å². The van der Waals surface area contributed by atoms with E-state index in [1.807, 2.05) is 0 Å². The average molecular weight is 284 g/mol. The number of hydrogen-bond donors (Lipinski definition) is 1. The Morgan fingerprint density at radius 1 is 1.10 bits per heavy atom. The molecule has 2 aromatic carbocycles. The summed E-state index contributed by atoms with van der Waals surface area (Å²) >= 11 is 0. The van der Waals surface area contributed by atoms with E-state index in [0.717, 1.165) is 0 Å². The van der Waals surface area contributed by atoms with Crippen LogP contribution in [0.4, 0.5) is 11.4 Å². The Bertz CT molecular complexity index is 711. The number of non-ortho nitro benzene ring substituents is 1. The van der Waals surface area contributed by atoms with E-state index in [1.54, 1.807) is 30.3 Å². The van der Waals surface area contributed by atoms with Crippen molar-refractivity contribution in [2.75, 3.05) is 5.32 Å². The fourth-order valence-corrected chi connectivity index (χ4v) is 1.84. The molecule has 6 heteroatoms. The number of rotatable bonds is 4. The van der Waals surface area contributed by atoms with Gasteiger partial charge in [0.25, 0.3) is 11.6 Å². The van der Waals surface area contributed by atoms with Gasteiger partial charge in [0.05, 0.1) is 10.6 Å². The molecule has 0 saturated carbocycles. The molecular formula is C15H12N2O4. The maximum Gasteiger partial charge on any atom is 0.271 e. The molecule has 0 spiro atoms. The first-order chi connectivity index (χ1) is 9.99. The fourth-order valence-electron chi connectivity index (χ4n) is 1.84. The van der Waals surface area contributed by atoms with Gasteiger partial charge in [0, 0.05) is 23.3 Å². The van der Waals surface area contributed by atoms with E-state index >= 15 is 0 Å². The standard InChI is InChI=1S/C15H12N2O4/c1-10(18)13-8-7-12(17(20)21)9-14(13)16-15(19)11-5-3-2-4-6-11/h2-9H,1H3,(H,16,19). The zero-order valence-electron chi connectivity index (χ0n) is 11.2. The van der Waals surface area contributed by atoms with Crippen molar-refractivity contribution in [3.05, 3.63) is 69.8 Å². The number of benzene rings is 2. The Hall–Kier alpha value is -3.02. The largest absolute Gasteiger partial charge is 0.321 e. The van der Waals surface area contributed by atoms with Crippen molar-refractivity contribution >= 4 is 23.1 Å². The molecular weight excluding hydrogens is 272 g/mol. The quantitative estimate of drug-likeness (QED) is 0.531. The fraction of sp³-hybridized carbons (Fsp3) is 0.0667. The van der Waals surface area contributed by atoms with E-state index in [2.05, 4.69) is 5.32 Å². The van der Waals surface area contributed by atoms with Gasteiger partial charge < -0.3 is 5.32 Å². The van der Waals surface area contributed by atoms with Crippen molar-refractivity contribution in [3.63, 3.8) is 0 Å². The Labute approximate surface area is 120 Å². The van der Waals surface area contributed by atoms with Crippen molar-refractivity contribution in [3.8, 4) is 0 Å². The van der Waals surface area contributed by atoms with Crippen molar-refractivity contribution in [2.24, 2.45) is 0 Å². The molecule has 21 heavy (non-hydrogen) atoms. The van der Waals surface area contributed by atoms with Crippen molar-refractivity contribution in [1.29, 1.82) is 0 Å². The van der Waals surface area contributed by atoms with Gasteiger partial charge in [0.2, 0.25) is 0 Å². The number of carbonyl (C=O) groups is 2. The van der Waals surface area contributed by atoms with E-state index < -0.39 is 10.8 Å². The predicted octanol–water partition coefficient (Wildman–Crippen LogP) is 3.05. The van der Waals surface area contributed by atoms with Crippen LogP contribution in [0.15, 0.2) is 48.5 Å². The van der Waals surface area contributed by atoms with Crippen LogP contribution in [-0.4, -0.2) is 16.6 Å². The van der Waals surface area contributed by atoms with Gasteiger partial charge in [-0.25, -0.2) is 0 Å². The third-order valence-electron chi connectivity index (χ3n) is 2.88. The molecule has 0 bridgehead atoms. The summed E-state index contributed by atoms with van der Waals surface area (Å²) in [6.07, 6.45) is 0. The van der Waals surface area contributed by atoms with Crippen LogP contribution < -0.4 is 5.32 Å². The average Bonchev–Trinajstić information content (AvgIpc) is 2.47. The first-order valence-corrected chi connectivity index (χ1v) is 6.15. The highest BCUT2D eigenvalue weighted by Crippen LogP contribution is 2.23. The van der Waals surface area contributed by atoms with Crippen LogP contribution in [-0.2, 0) is 0 Å². The molecule has 0 radical (unpaired) electrons. The third kappa shape index (κ3) is 3.30. The minimum absolute atomic E-state index is 0.130. The summed E-state index contributed by atoms with van der Waals surface area (Å²) < 4.78 is 0. The van der Waals surface area contributed by atoms with Crippen LogP contribution in [0.2, 0.25) is 0 Å². The molecule has 1 N–H and O–H groups in total. The van der Waals surface area contributed by atoms with Crippen LogP contribution in [0.5, 0.6) is 0 Å². The predicted molar refractivity (Wildman–Crippen MR) is 77.5 cm³/mol. The number of nitro benzene ring substituents is 1. The van der Waals surface area contributed by atoms with Crippen LogP contribution in [0.25, 0.3) is 0 Å². The first kappa shape index (κ1) is 14.4. The van der Waals surface area contributed by atoms with Gasteiger partial charge >= 0.3 is 0 Å². The van der Waals surface area contributed by atoms with E-state index in [0.29, 0.717) is 5.56 Å². The molecule has 106 valence electrons. The second-order valence-corrected chi connectivity index (χ2v) is 4.36. The number of carbonyl (C=O) groups excluding carboxylic acids is 2. The second kappa shape index (κ2) is 5.96. The zero-order valence-corrected chi connectivity index (χ0v) is 11.2. The van der Waals surface area contributed by atoms with Gasteiger partial charge in [0.1, 0.15) is 0 Å². The van der Waals surface area contributed by atoms with Gasteiger partial charge in [-0.3, -0.25) is 19.7 Å². The number of nitrogens with zero attached hydrogens (tertiary/aromatic N) is 1. The van der Waals surface area contributed by atoms with E-state index in [4.69, 9.17) is 0 Å². The Morgan fingerprint density at radius 3 is 2.33 bits per heavy atom. The number of Topliss-reactive ketones (excluding diaryl/α,β-unsaturated/α-hetero) is 1. The molecule has 0 heterocycles. The van der Waals surface area contributed by atoms with Gasteiger partial charge in [-0.15, -0.1) is 0 Å². The van der Waals surface area contributed by atoms with Crippen molar-refractivity contribution < 1.29 is 14.5 Å². The number of amides is 1. The SMILES string of the molecule is CC(=O)c1ccc([N+](=O)[O-])cc1NC(=O)c1ccccc1. The lowest BCUT2D eigenvalue weighted by Crippen LogP contribution is -2.14. The Morgan fingerprint density at radius 2 is 1.76 bits per heavy atom. The number of ketones is 1. The lowest BCUT2D eigenvalue weighted by Gasteiger charge is -2.09. The zero-order chi connectivity index (χ0) is 15.4. The molecule has 0 aromatic heterocycles. The number of nitrogens with one attached hydrogen (secondary N) is 1. The summed E-state index contributed by atoms with van der Waals surface area (Å²) in [6.45, 7) is 1.33. The normalized spacial score (nSPS) is 9.95. The molecule has 2 rings (SSSR count). The van der Waals surface area contributed by atoms with Gasteiger partial charge in [0.15, 0.2) is 5.78 Å². The summed E-state index contributed by atoms with van der Waals surface area (Å²) in [7, 11) is 0. The highest BCUT2D eigenvalue weighted by molar-refractivity contribution is 6.09. The molecule has 0 atom stereocenters. The lowest BCUT2D eigenvalue weighted by molar-refractivity contribution is -0.384. The van der Waals surface area contributed by atoms with Gasteiger partial charge in [-0.05, 0) is 25.1 Å². The van der Waals surface area contributed by atoms with Crippen LogP contribution in [0.1, 0.15) is 27.6 Å². The number of anilines is 1. The van der Waals surface area contributed by atoms with Gasteiger partial charge in [-0.2, -0.15) is 0 Å². The smallest absolute Gasteiger partial charge is 0.271 e. The molecule has 0 aliphatic heterocycles. The van der Waals surface area contributed by atoms with Crippen LogP contribution >= 0.6 is 0 Å². The third-order valence-corrected chi connectivity index (χ3v) is 2.88. The molecule has 6 nitrogen and oxygen atoms in total. The first-order valence-electron chi connectivity index (χ1n) is 6.15. The summed E-state index contributed by atoms with van der Waals surface area (Å²) in [5, 5.41) is 13.3. The molecule has 0 fully saturated rings. The topological polar surface area (TPSA) is 89.3 Å². The van der Waals surface area contributed by atoms with Crippen LogP contribution in [0, 0.1) is 10.1 Å². The highest BCUT2D eigenvalue weighted by Gasteiger charge is 2.16. The summed E-state index contributed by atoms with van der Waals surface area (Å²) in [5.41, 5.74) is 0.567. The van der Waals surface area contributed by atoms with Crippen LogP contribution in [0.3, 0.4) is 0 Å². The Kier molecular flexibility index (Phi) is 4.08. The van der Waals surface area contributed by atoms with E-state index in [1.165, 1.54) is 25.1 Å². The van der Waals surface area contributed by atoms with Crippen molar-refractivity contribution in [2.45, 2.75) is 6.92 Å². The summed E-state index contributed by atoms with van der Waals surface area (Å²) in [6, 6.07) is 12.1. The lowest BCUT2D eigenvalue weighted by atomic mass is 10.1.